The third-order valence-corrected chi connectivity index (χ3v) is 4.52. The minimum atomic E-state index is 0.517. The van der Waals surface area contributed by atoms with Gasteiger partial charge in [-0.1, -0.05) is 18.2 Å². The maximum Gasteiger partial charge on any atom is 0.0887 e. The van der Waals surface area contributed by atoms with Crippen LogP contribution in [-0.4, -0.2) is 18.1 Å². The van der Waals surface area contributed by atoms with E-state index in [0.717, 1.165) is 47.0 Å². The standard InChI is InChI=1S/C23H23N5/c1-3-28(16-6-14-24)21-12-13-22(18(2)17-21)27-26-20-10-8-19(9-11-20)23-7-4-5-15-25-23/h4-5,7-13,15,17H,3,6,16H2,1-2H3. The molecule has 0 bridgehead atoms. The summed E-state index contributed by atoms with van der Waals surface area (Å²) in [6.45, 7) is 5.72. The van der Waals surface area contributed by atoms with Gasteiger partial charge in [0, 0.05) is 30.5 Å². The van der Waals surface area contributed by atoms with Gasteiger partial charge in [-0.25, -0.2) is 0 Å². The molecule has 0 amide bonds. The second kappa shape index (κ2) is 9.43. The normalized spacial score (nSPS) is 10.8. The highest BCUT2D eigenvalue weighted by molar-refractivity contribution is 5.62. The van der Waals surface area contributed by atoms with Crippen molar-refractivity contribution in [1.29, 1.82) is 5.26 Å². The predicted molar refractivity (Wildman–Crippen MR) is 113 cm³/mol. The number of nitriles is 1. The summed E-state index contributed by atoms with van der Waals surface area (Å²) in [5, 5.41) is 17.6. The molecule has 140 valence electrons. The maximum absolute atomic E-state index is 8.81. The average molecular weight is 369 g/mol. The molecule has 1 heterocycles. The molecule has 0 spiro atoms. The molecule has 0 atom stereocenters. The van der Waals surface area contributed by atoms with Gasteiger partial charge in [0.2, 0.25) is 0 Å². The molecule has 0 aliphatic rings. The number of rotatable bonds is 7. The number of aryl methyl sites for hydroxylation is 1. The van der Waals surface area contributed by atoms with Crippen LogP contribution in [0.25, 0.3) is 11.3 Å². The fourth-order valence-corrected chi connectivity index (χ4v) is 2.95. The predicted octanol–water partition coefficient (Wildman–Crippen LogP) is 6.21. The van der Waals surface area contributed by atoms with Gasteiger partial charge in [0.15, 0.2) is 0 Å². The lowest BCUT2D eigenvalue weighted by molar-refractivity contribution is 0.826. The van der Waals surface area contributed by atoms with Crippen LogP contribution in [0.2, 0.25) is 0 Å². The lowest BCUT2D eigenvalue weighted by Crippen LogP contribution is -2.23. The van der Waals surface area contributed by atoms with Gasteiger partial charge < -0.3 is 4.90 Å². The van der Waals surface area contributed by atoms with Crippen LogP contribution in [0.3, 0.4) is 0 Å². The number of hydrogen-bond acceptors (Lipinski definition) is 5. The Balaban J connectivity index is 1.73. The first-order chi connectivity index (χ1) is 13.7. The van der Waals surface area contributed by atoms with Crippen LogP contribution in [0.5, 0.6) is 0 Å². The fourth-order valence-electron chi connectivity index (χ4n) is 2.95. The quantitative estimate of drug-likeness (QED) is 0.465. The average Bonchev–Trinajstić information content (AvgIpc) is 2.75. The maximum atomic E-state index is 8.81. The van der Waals surface area contributed by atoms with Crippen molar-refractivity contribution >= 4 is 17.1 Å². The molecule has 0 N–H and O–H groups in total. The van der Waals surface area contributed by atoms with Gasteiger partial charge in [-0.2, -0.15) is 15.5 Å². The van der Waals surface area contributed by atoms with Crippen LogP contribution in [-0.2, 0) is 0 Å². The summed E-state index contributed by atoms with van der Waals surface area (Å²) in [5.41, 5.74) is 5.79. The molecule has 28 heavy (non-hydrogen) atoms. The Morgan fingerprint density at radius 1 is 1.04 bits per heavy atom. The first-order valence-corrected chi connectivity index (χ1v) is 9.37. The monoisotopic (exact) mass is 369 g/mol. The molecule has 0 fully saturated rings. The van der Waals surface area contributed by atoms with E-state index in [1.165, 1.54) is 0 Å². The van der Waals surface area contributed by atoms with E-state index < -0.39 is 0 Å². The first kappa shape index (κ1) is 19.2. The summed E-state index contributed by atoms with van der Waals surface area (Å²) < 4.78 is 0. The highest BCUT2D eigenvalue weighted by Crippen LogP contribution is 2.27. The Kier molecular flexibility index (Phi) is 6.48. The molecular formula is C23H23N5. The fraction of sp³-hybridized carbons (Fsp3) is 0.217. The number of benzene rings is 2. The van der Waals surface area contributed by atoms with Crippen molar-refractivity contribution < 1.29 is 0 Å². The summed E-state index contributed by atoms with van der Waals surface area (Å²) in [6, 6.07) is 22.1. The van der Waals surface area contributed by atoms with Crippen LogP contribution >= 0.6 is 0 Å². The van der Waals surface area contributed by atoms with E-state index in [1.807, 2.05) is 61.5 Å². The van der Waals surface area contributed by atoms with Gasteiger partial charge in [0.25, 0.3) is 0 Å². The van der Waals surface area contributed by atoms with Crippen molar-refractivity contribution in [3.8, 4) is 17.3 Å². The highest BCUT2D eigenvalue weighted by Gasteiger charge is 2.06. The minimum Gasteiger partial charge on any atom is -0.371 e. The van der Waals surface area contributed by atoms with Crippen molar-refractivity contribution in [3.05, 3.63) is 72.4 Å². The second-order valence-corrected chi connectivity index (χ2v) is 6.42. The third-order valence-electron chi connectivity index (χ3n) is 4.52. The van der Waals surface area contributed by atoms with Gasteiger partial charge in [0.05, 0.1) is 29.6 Å². The summed E-state index contributed by atoms with van der Waals surface area (Å²) in [6.07, 6.45) is 2.30. The number of anilines is 1. The molecular weight excluding hydrogens is 346 g/mol. The summed E-state index contributed by atoms with van der Waals surface area (Å²) >= 11 is 0. The molecule has 2 aromatic carbocycles. The van der Waals surface area contributed by atoms with Crippen LogP contribution in [0.4, 0.5) is 17.1 Å². The SMILES string of the molecule is CCN(CCC#N)c1ccc(N=Nc2ccc(-c3ccccn3)cc2)c(C)c1. The van der Waals surface area contributed by atoms with Crippen molar-refractivity contribution in [3.63, 3.8) is 0 Å². The molecule has 0 radical (unpaired) electrons. The van der Waals surface area contributed by atoms with Crippen molar-refractivity contribution in [1.82, 2.24) is 4.98 Å². The second-order valence-electron chi connectivity index (χ2n) is 6.42. The summed E-state index contributed by atoms with van der Waals surface area (Å²) in [4.78, 5) is 6.54. The Labute approximate surface area is 166 Å². The number of aromatic nitrogens is 1. The van der Waals surface area contributed by atoms with E-state index in [9.17, 15) is 0 Å². The first-order valence-electron chi connectivity index (χ1n) is 9.37. The molecule has 5 nitrogen and oxygen atoms in total. The smallest absolute Gasteiger partial charge is 0.0887 e. The third kappa shape index (κ3) is 4.80. The van der Waals surface area contributed by atoms with Crippen molar-refractivity contribution in [2.45, 2.75) is 20.3 Å². The van der Waals surface area contributed by atoms with Crippen LogP contribution in [0.1, 0.15) is 18.9 Å². The lowest BCUT2D eigenvalue weighted by Gasteiger charge is -2.22. The molecule has 3 rings (SSSR count). The molecule has 0 aliphatic carbocycles. The lowest BCUT2D eigenvalue weighted by atomic mass is 10.1. The Morgan fingerprint density at radius 3 is 2.50 bits per heavy atom. The van der Waals surface area contributed by atoms with E-state index in [4.69, 9.17) is 5.26 Å². The molecule has 0 unspecified atom stereocenters. The van der Waals surface area contributed by atoms with Crippen LogP contribution in [0.15, 0.2) is 77.1 Å². The van der Waals surface area contributed by atoms with E-state index in [1.54, 1.807) is 6.20 Å². The molecule has 1 aromatic heterocycles. The summed E-state index contributed by atoms with van der Waals surface area (Å²) in [5.74, 6) is 0. The number of azo groups is 1. The Morgan fingerprint density at radius 2 is 1.86 bits per heavy atom. The Hall–Kier alpha value is -3.52. The van der Waals surface area contributed by atoms with E-state index in [-0.39, 0.29) is 0 Å². The van der Waals surface area contributed by atoms with Crippen molar-refractivity contribution in [2.24, 2.45) is 10.2 Å². The van der Waals surface area contributed by atoms with E-state index >= 15 is 0 Å². The number of hydrogen-bond donors (Lipinski definition) is 0. The zero-order valence-electron chi connectivity index (χ0n) is 16.2. The Bertz CT molecular complexity index is 972. The molecule has 0 aliphatic heterocycles. The zero-order chi connectivity index (χ0) is 19.8. The minimum absolute atomic E-state index is 0.517. The molecule has 5 heteroatoms. The molecule has 3 aromatic rings. The summed E-state index contributed by atoms with van der Waals surface area (Å²) in [7, 11) is 0. The molecule has 0 saturated carbocycles. The van der Waals surface area contributed by atoms with Crippen molar-refractivity contribution in [2.75, 3.05) is 18.0 Å². The highest BCUT2D eigenvalue weighted by atomic mass is 15.1. The van der Waals surface area contributed by atoms with Gasteiger partial charge in [-0.05, 0) is 61.9 Å². The van der Waals surface area contributed by atoms with E-state index in [2.05, 4.69) is 39.2 Å². The zero-order valence-corrected chi connectivity index (χ0v) is 16.2. The number of pyridine rings is 1. The van der Waals surface area contributed by atoms with Crippen LogP contribution < -0.4 is 4.90 Å². The largest absolute Gasteiger partial charge is 0.371 e. The number of nitrogens with zero attached hydrogens (tertiary/aromatic N) is 5. The van der Waals surface area contributed by atoms with Gasteiger partial charge in [0.1, 0.15) is 0 Å². The topological polar surface area (TPSA) is 64.6 Å². The van der Waals surface area contributed by atoms with E-state index in [0.29, 0.717) is 6.42 Å². The molecule has 0 saturated heterocycles. The van der Waals surface area contributed by atoms with Gasteiger partial charge in [-0.15, -0.1) is 0 Å². The van der Waals surface area contributed by atoms with Gasteiger partial charge in [-0.3, -0.25) is 4.98 Å². The van der Waals surface area contributed by atoms with Crippen LogP contribution in [0, 0.1) is 18.3 Å². The van der Waals surface area contributed by atoms with Gasteiger partial charge >= 0.3 is 0 Å².